The topological polar surface area (TPSA) is 48.9 Å². The van der Waals surface area contributed by atoms with Crippen LogP contribution < -0.4 is 10.6 Å². The highest BCUT2D eigenvalue weighted by atomic mass is 35.5. The molecule has 6 heteroatoms. The van der Waals surface area contributed by atoms with Gasteiger partial charge in [-0.25, -0.2) is 0 Å². The quantitative estimate of drug-likeness (QED) is 0.877. The van der Waals surface area contributed by atoms with Gasteiger partial charge in [0.05, 0.1) is 25.8 Å². The van der Waals surface area contributed by atoms with Crippen LogP contribution in [0, 0.1) is 0 Å². The van der Waals surface area contributed by atoms with Crippen molar-refractivity contribution < 1.29 is 4.74 Å². The van der Waals surface area contributed by atoms with Gasteiger partial charge in [-0.1, -0.05) is 23.7 Å². The fraction of sp³-hybridized carbons (Fsp3) is 0.562. The lowest BCUT2D eigenvalue weighted by Gasteiger charge is -2.29. The van der Waals surface area contributed by atoms with Crippen molar-refractivity contribution in [2.45, 2.75) is 6.04 Å². The second-order valence-electron chi connectivity index (χ2n) is 5.59. The average molecular weight is 323 g/mol. The van der Waals surface area contributed by atoms with Gasteiger partial charge in [0.25, 0.3) is 0 Å². The molecule has 5 nitrogen and oxygen atoms in total. The molecule has 1 atom stereocenters. The zero-order valence-corrected chi connectivity index (χ0v) is 13.5. The Morgan fingerprint density at radius 3 is 2.82 bits per heavy atom. The molecule has 2 heterocycles. The third kappa shape index (κ3) is 4.20. The largest absolute Gasteiger partial charge is 0.379 e. The number of ether oxygens (including phenoxy) is 1. The zero-order chi connectivity index (χ0) is 15.2. The lowest BCUT2D eigenvalue weighted by Crippen LogP contribution is -2.46. The van der Waals surface area contributed by atoms with Crippen molar-refractivity contribution in [2.24, 2.45) is 4.99 Å². The van der Waals surface area contributed by atoms with E-state index < -0.39 is 0 Å². The Morgan fingerprint density at radius 2 is 2.05 bits per heavy atom. The minimum Gasteiger partial charge on any atom is -0.379 e. The molecule has 0 spiro atoms. The van der Waals surface area contributed by atoms with Gasteiger partial charge in [-0.05, 0) is 17.7 Å². The summed E-state index contributed by atoms with van der Waals surface area (Å²) in [5.41, 5.74) is 1.20. The fourth-order valence-corrected chi connectivity index (χ4v) is 2.95. The molecule has 1 fully saturated rings. The van der Waals surface area contributed by atoms with E-state index >= 15 is 0 Å². The predicted molar refractivity (Wildman–Crippen MR) is 89.8 cm³/mol. The van der Waals surface area contributed by atoms with E-state index in [1.54, 1.807) is 0 Å². The molecule has 120 valence electrons. The van der Waals surface area contributed by atoms with E-state index in [4.69, 9.17) is 16.3 Å². The summed E-state index contributed by atoms with van der Waals surface area (Å²) in [5, 5.41) is 7.79. The summed E-state index contributed by atoms with van der Waals surface area (Å²) in [7, 11) is 0. The maximum atomic E-state index is 5.97. The number of nitrogens with one attached hydrogen (secondary N) is 2. The first-order valence-corrected chi connectivity index (χ1v) is 8.28. The Hall–Kier alpha value is -1.14. The van der Waals surface area contributed by atoms with E-state index in [1.807, 2.05) is 12.1 Å². The Bertz CT molecular complexity index is 499. The molecular weight excluding hydrogens is 300 g/mol. The minimum atomic E-state index is 0.135. The van der Waals surface area contributed by atoms with Gasteiger partial charge in [-0.3, -0.25) is 9.89 Å². The molecule has 3 rings (SSSR count). The molecule has 1 saturated heterocycles. The number of nitrogens with zero attached hydrogens (tertiary/aromatic N) is 2. The van der Waals surface area contributed by atoms with Crippen molar-refractivity contribution in [1.82, 2.24) is 15.5 Å². The summed E-state index contributed by atoms with van der Waals surface area (Å²) in [6, 6.07) is 8.11. The number of amidine groups is 1. The first-order valence-electron chi connectivity index (χ1n) is 7.90. The normalized spacial score (nSPS) is 23.1. The van der Waals surface area contributed by atoms with Crippen LogP contribution in [-0.4, -0.2) is 63.2 Å². The number of benzene rings is 1. The highest BCUT2D eigenvalue weighted by Crippen LogP contribution is 2.18. The lowest BCUT2D eigenvalue weighted by atomic mass is 10.0. The molecule has 0 aromatic heterocycles. The van der Waals surface area contributed by atoms with Gasteiger partial charge in [0.1, 0.15) is 5.84 Å². The Morgan fingerprint density at radius 1 is 1.27 bits per heavy atom. The van der Waals surface area contributed by atoms with Crippen molar-refractivity contribution in [1.29, 1.82) is 0 Å². The maximum Gasteiger partial charge on any atom is 0.118 e. The molecule has 0 radical (unpaired) electrons. The molecule has 0 bridgehead atoms. The molecule has 2 N–H and O–H groups in total. The fourth-order valence-electron chi connectivity index (χ4n) is 2.83. The van der Waals surface area contributed by atoms with E-state index in [9.17, 15) is 0 Å². The molecule has 0 aliphatic carbocycles. The number of rotatable bonds is 4. The lowest BCUT2D eigenvalue weighted by molar-refractivity contribution is 0.0389. The number of hydrogen-bond donors (Lipinski definition) is 2. The highest BCUT2D eigenvalue weighted by molar-refractivity contribution is 6.30. The van der Waals surface area contributed by atoms with E-state index in [0.29, 0.717) is 0 Å². The average Bonchev–Trinajstić information content (AvgIpc) is 2.57. The SMILES string of the molecule is Clc1ccc(C2NCCN=C2NCCN2CCOCC2)cc1. The third-order valence-corrected chi connectivity index (χ3v) is 4.31. The monoisotopic (exact) mass is 322 g/mol. The second kappa shape index (κ2) is 7.92. The van der Waals surface area contributed by atoms with Crippen molar-refractivity contribution in [3.63, 3.8) is 0 Å². The molecule has 1 aromatic carbocycles. The van der Waals surface area contributed by atoms with Gasteiger partial charge in [0, 0.05) is 37.7 Å². The van der Waals surface area contributed by atoms with Crippen molar-refractivity contribution in [2.75, 3.05) is 52.5 Å². The van der Waals surface area contributed by atoms with E-state index in [0.717, 1.165) is 63.3 Å². The van der Waals surface area contributed by atoms with Gasteiger partial charge in [0.15, 0.2) is 0 Å². The number of morpholine rings is 1. The summed E-state index contributed by atoms with van der Waals surface area (Å²) in [5.74, 6) is 1.03. The number of halogens is 1. The second-order valence-corrected chi connectivity index (χ2v) is 6.02. The summed E-state index contributed by atoms with van der Waals surface area (Å²) in [6.07, 6.45) is 0. The van der Waals surface area contributed by atoms with Gasteiger partial charge in [-0.15, -0.1) is 0 Å². The van der Waals surface area contributed by atoms with Crippen LogP contribution in [0.25, 0.3) is 0 Å². The Balaban J connectivity index is 1.55. The van der Waals surface area contributed by atoms with Crippen LogP contribution in [0.1, 0.15) is 11.6 Å². The van der Waals surface area contributed by atoms with Gasteiger partial charge < -0.3 is 15.4 Å². The van der Waals surface area contributed by atoms with Gasteiger partial charge in [0.2, 0.25) is 0 Å². The summed E-state index contributed by atoms with van der Waals surface area (Å²) < 4.78 is 5.37. The van der Waals surface area contributed by atoms with Crippen LogP contribution in [0.3, 0.4) is 0 Å². The van der Waals surface area contributed by atoms with Crippen LogP contribution >= 0.6 is 11.6 Å². The van der Waals surface area contributed by atoms with E-state index in [1.165, 1.54) is 5.56 Å². The summed E-state index contributed by atoms with van der Waals surface area (Å²) in [4.78, 5) is 7.08. The van der Waals surface area contributed by atoms with Gasteiger partial charge >= 0.3 is 0 Å². The van der Waals surface area contributed by atoms with Crippen LogP contribution in [0.4, 0.5) is 0 Å². The molecule has 0 amide bonds. The molecule has 1 unspecified atom stereocenters. The van der Waals surface area contributed by atoms with Gasteiger partial charge in [-0.2, -0.15) is 0 Å². The first-order chi connectivity index (χ1) is 10.8. The minimum absolute atomic E-state index is 0.135. The predicted octanol–water partition coefficient (Wildman–Crippen LogP) is 1.30. The number of hydrogen-bond acceptors (Lipinski definition) is 5. The summed E-state index contributed by atoms with van der Waals surface area (Å²) in [6.45, 7) is 7.39. The van der Waals surface area contributed by atoms with E-state index in [2.05, 4.69) is 32.7 Å². The van der Waals surface area contributed by atoms with Crippen molar-refractivity contribution in [3.8, 4) is 0 Å². The van der Waals surface area contributed by atoms with Crippen LogP contribution in [0.15, 0.2) is 29.3 Å². The molecule has 1 aromatic rings. The van der Waals surface area contributed by atoms with E-state index in [-0.39, 0.29) is 6.04 Å². The highest BCUT2D eigenvalue weighted by Gasteiger charge is 2.20. The Labute approximate surface area is 136 Å². The maximum absolute atomic E-state index is 5.97. The Kier molecular flexibility index (Phi) is 5.67. The smallest absolute Gasteiger partial charge is 0.118 e. The van der Waals surface area contributed by atoms with Crippen molar-refractivity contribution in [3.05, 3.63) is 34.9 Å². The standard InChI is InChI=1S/C16H23ClN4O/c17-14-3-1-13(2-4-14)15-16(19-6-5-18-15)20-7-8-21-9-11-22-12-10-21/h1-4,15,18H,5-12H2,(H,19,20). The molecule has 2 aliphatic heterocycles. The molecule has 22 heavy (non-hydrogen) atoms. The number of aliphatic imine (C=N–C) groups is 1. The van der Waals surface area contributed by atoms with Crippen LogP contribution in [0.5, 0.6) is 0 Å². The zero-order valence-electron chi connectivity index (χ0n) is 12.7. The molecule has 2 aliphatic rings. The van der Waals surface area contributed by atoms with Crippen LogP contribution in [-0.2, 0) is 4.74 Å². The third-order valence-electron chi connectivity index (χ3n) is 4.06. The first kappa shape index (κ1) is 15.7. The summed E-state index contributed by atoms with van der Waals surface area (Å²) >= 11 is 5.97. The van der Waals surface area contributed by atoms with Crippen LogP contribution in [0.2, 0.25) is 5.02 Å². The molecular formula is C16H23ClN4O. The van der Waals surface area contributed by atoms with Crippen molar-refractivity contribution >= 4 is 17.4 Å². The molecule has 0 saturated carbocycles.